The largest absolute Gasteiger partial charge is 0.468 e. The van der Waals surface area contributed by atoms with E-state index in [2.05, 4.69) is 6.07 Å². The fraction of sp³-hybridized carbons (Fsp3) is 0.467. The van der Waals surface area contributed by atoms with Gasteiger partial charge in [0.15, 0.2) is 0 Å². The summed E-state index contributed by atoms with van der Waals surface area (Å²) >= 11 is 0. The number of nitrogens with zero attached hydrogens (tertiary/aromatic N) is 2. The molecule has 0 saturated carbocycles. The molecule has 1 aromatic rings. The van der Waals surface area contributed by atoms with Gasteiger partial charge in [-0.1, -0.05) is 30.3 Å². The van der Waals surface area contributed by atoms with Gasteiger partial charge in [0.25, 0.3) is 0 Å². The summed E-state index contributed by atoms with van der Waals surface area (Å²) in [5.74, 6) is -0.573. The van der Waals surface area contributed by atoms with Gasteiger partial charge in [-0.15, -0.1) is 0 Å². The summed E-state index contributed by atoms with van der Waals surface area (Å²) in [6.07, 6.45) is 0. The molecular weight excluding hydrogens is 256 g/mol. The van der Waals surface area contributed by atoms with E-state index in [0.29, 0.717) is 26.3 Å². The van der Waals surface area contributed by atoms with Crippen molar-refractivity contribution in [3.63, 3.8) is 0 Å². The molecule has 2 unspecified atom stereocenters. The first kappa shape index (κ1) is 14.5. The Morgan fingerprint density at radius 3 is 2.95 bits per heavy atom. The first-order valence-corrected chi connectivity index (χ1v) is 6.60. The van der Waals surface area contributed by atoms with Crippen LogP contribution in [-0.2, 0) is 14.3 Å². The number of carbonyl (C=O) groups excluding carboxylic acids is 1. The van der Waals surface area contributed by atoms with E-state index in [4.69, 9.17) is 9.47 Å². The second-order valence-electron chi connectivity index (χ2n) is 4.70. The van der Waals surface area contributed by atoms with Gasteiger partial charge in [-0.25, -0.2) is 0 Å². The predicted molar refractivity (Wildman–Crippen MR) is 73.0 cm³/mol. The highest BCUT2D eigenvalue weighted by atomic mass is 16.5. The second kappa shape index (κ2) is 7.04. The lowest BCUT2D eigenvalue weighted by atomic mass is 9.99. The highest BCUT2D eigenvalue weighted by Gasteiger charge is 2.32. The lowest BCUT2D eigenvalue weighted by Gasteiger charge is -2.34. The summed E-state index contributed by atoms with van der Waals surface area (Å²) in [6, 6.07) is 11.5. The van der Waals surface area contributed by atoms with Gasteiger partial charge in [0.2, 0.25) is 0 Å². The van der Waals surface area contributed by atoms with Crippen molar-refractivity contribution >= 4 is 5.97 Å². The number of morpholine rings is 1. The fourth-order valence-electron chi connectivity index (χ4n) is 2.35. The third-order valence-corrected chi connectivity index (χ3v) is 3.49. The molecule has 2 rings (SSSR count). The van der Waals surface area contributed by atoms with Crippen molar-refractivity contribution in [2.75, 3.05) is 33.4 Å². The summed E-state index contributed by atoms with van der Waals surface area (Å²) < 4.78 is 10.1. The van der Waals surface area contributed by atoms with E-state index >= 15 is 0 Å². The van der Waals surface area contributed by atoms with Crippen LogP contribution in [0.5, 0.6) is 0 Å². The maximum Gasteiger partial charge on any atom is 0.325 e. The zero-order valence-corrected chi connectivity index (χ0v) is 11.5. The molecule has 1 fully saturated rings. The maximum atomic E-state index is 11.8. The smallest absolute Gasteiger partial charge is 0.325 e. The SMILES string of the molecule is COC(=O)C1COCCN1CC(C#N)c1ccccc1. The summed E-state index contributed by atoms with van der Waals surface area (Å²) in [5.41, 5.74) is 0.963. The van der Waals surface area contributed by atoms with Crippen molar-refractivity contribution in [2.24, 2.45) is 0 Å². The summed E-state index contributed by atoms with van der Waals surface area (Å²) in [7, 11) is 1.37. The number of hydrogen-bond donors (Lipinski definition) is 0. The van der Waals surface area contributed by atoms with Crippen molar-refractivity contribution < 1.29 is 14.3 Å². The van der Waals surface area contributed by atoms with Crippen LogP contribution in [0.4, 0.5) is 0 Å². The molecule has 1 aliphatic heterocycles. The number of rotatable bonds is 4. The third-order valence-electron chi connectivity index (χ3n) is 3.49. The lowest BCUT2D eigenvalue weighted by molar-refractivity contribution is -0.153. The van der Waals surface area contributed by atoms with Crippen LogP contribution in [-0.4, -0.2) is 50.3 Å². The molecule has 106 valence electrons. The Morgan fingerprint density at radius 2 is 2.30 bits per heavy atom. The van der Waals surface area contributed by atoms with E-state index in [9.17, 15) is 10.1 Å². The number of esters is 1. The van der Waals surface area contributed by atoms with Crippen LogP contribution < -0.4 is 0 Å². The van der Waals surface area contributed by atoms with E-state index in [1.807, 2.05) is 35.2 Å². The van der Waals surface area contributed by atoms with E-state index in [1.165, 1.54) is 7.11 Å². The van der Waals surface area contributed by atoms with Crippen LogP contribution >= 0.6 is 0 Å². The summed E-state index contributed by atoms with van der Waals surface area (Å²) in [4.78, 5) is 13.7. The highest BCUT2D eigenvalue weighted by Crippen LogP contribution is 2.19. The van der Waals surface area contributed by atoms with Gasteiger partial charge >= 0.3 is 5.97 Å². The summed E-state index contributed by atoms with van der Waals surface area (Å²) in [6.45, 7) is 2.02. The predicted octanol–water partition coefficient (Wildman–Crippen LogP) is 1.17. The maximum absolute atomic E-state index is 11.8. The molecule has 0 N–H and O–H groups in total. The van der Waals surface area contributed by atoms with Crippen LogP contribution in [0.1, 0.15) is 11.5 Å². The average Bonchev–Trinajstić information content (AvgIpc) is 2.53. The van der Waals surface area contributed by atoms with Crippen LogP contribution in [0.15, 0.2) is 30.3 Å². The molecule has 2 atom stereocenters. The minimum atomic E-state index is -0.423. The molecule has 0 radical (unpaired) electrons. The molecule has 1 aliphatic rings. The normalized spacial score (nSPS) is 20.9. The van der Waals surface area contributed by atoms with Gasteiger partial charge in [0.1, 0.15) is 6.04 Å². The minimum absolute atomic E-state index is 0.263. The standard InChI is InChI=1S/C15H18N2O3/c1-19-15(18)14-11-20-8-7-17(14)10-13(9-16)12-5-3-2-4-6-12/h2-6,13-14H,7-8,10-11H2,1H3. The minimum Gasteiger partial charge on any atom is -0.468 e. The number of hydrogen-bond acceptors (Lipinski definition) is 5. The highest BCUT2D eigenvalue weighted by molar-refractivity contribution is 5.76. The Bertz CT molecular complexity index is 484. The van der Waals surface area contributed by atoms with Crippen molar-refractivity contribution in [3.8, 4) is 6.07 Å². The van der Waals surface area contributed by atoms with Gasteiger partial charge in [-0.05, 0) is 5.56 Å². The number of nitriles is 1. The average molecular weight is 274 g/mol. The van der Waals surface area contributed by atoms with E-state index < -0.39 is 6.04 Å². The molecule has 5 nitrogen and oxygen atoms in total. The molecule has 0 aliphatic carbocycles. The van der Waals surface area contributed by atoms with Crippen LogP contribution in [0.2, 0.25) is 0 Å². The van der Waals surface area contributed by atoms with Crippen molar-refractivity contribution in [1.82, 2.24) is 4.90 Å². The zero-order valence-electron chi connectivity index (χ0n) is 11.5. The van der Waals surface area contributed by atoms with E-state index in [0.717, 1.165) is 5.56 Å². The van der Waals surface area contributed by atoms with Crippen molar-refractivity contribution in [3.05, 3.63) is 35.9 Å². The van der Waals surface area contributed by atoms with E-state index in [-0.39, 0.29) is 11.9 Å². The second-order valence-corrected chi connectivity index (χ2v) is 4.70. The molecule has 0 bridgehead atoms. The first-order chi connectivity index (χ1) is 9.76. The molecule has 0 aromatic heterocycles. The topological polar surface area (TPSA) is 62.6 Å². The molecule has 0 amide bonds. The quantitative estimate of drug-likeness (QED) is 0.771. The van der Waals surface area contributed by atoms with E-state index in [1.54, 1.807) is 0 Å². The Morgan fingerprint density at radius 1 is 1.55 bits per heavy atom. The number of methoxy groups -OCH3 is 1. The van der Waals surface area contributed by atoms with Gasteiger partial charge in [0, 0.05) is 13.1 Å². The van der Waals surface area contributed by atoms with Gasteiger partial charge in [-0.3, -0.25) is 9.69 Å². The summed E-state index contributed by atoms with van der Waals surface area (Å²) in [5, 5.41) is 9.37. The van der Waals surface area contributed by atoms with Gasteiger partial charge in [0.05, 0.1) is 32.3 Å². The Hall–Kier alpha value is -1.90. The van der Waals surface area contributed by atoms with Gasteiger partial charge in [-0.2, -0.15) is 5.26 Å². The Balaban J connectivity index is 2.09. The van der Waals surface area contributed by atoms with Gasteiger partial charge < -0.3 is 9.47 Å². The molecule has 0 spiro atoms. The monoisotopic (exact) mass is 274 g/mol. The Kier molecular flexibility index (Phi) is 5.10. The first-order valence-electron chi connectivity index (χ1n) is 6.60. The van der Waals surface area contributed by atoms with Crippen LogP contribution in [0.25, 0.3) is 0 Å². The van der Waals surface area contributed by atoms with Crippen LogP contribution in [0.3, 0.4) is 0 Å². The number of ether oxygens (including phenoxy) is 2. The number of carbonyl (C=O) groups is 1. The Labute approximate surface area is 118 Å². The fourth-order valence-corrected chi connectivity index (χ4v) is 2.35. The van der Waals surface area contributed by atoms with Crippen LogP contribution in [0, 0.1) is 11.3 Å². The third kappa shape index (κ3) is 3.35. The molecule has 1 aromatic carbocycles. The molecule has 5 heteroatoms. The molecule has 1 heterocycles. The lowest BCUT2D eigenvalue weighted by Crippen LogP contribution is -2.51. The van der Waals surface area contributed by atoms with Crippen molar-refractivity contribution in [1.29, 1.82) is 5.26 Å². The molecular formula is C15H18N2O3. The molecule has 1 saturated heterocycles. The zero-order chi connectivity index (χ0) is 14.4. The van der Waals surface area contributed by atoms with Crippen molar-refractivity contribution in [2.45, 2.75) is 12.0 Å². The molecule has 20 heavy (non-hydrogen) atoms. The number of benzene rings is 1.